The monoisotopic (exact) mass is 262 g/mol. The Labute approximate surface area is 113 Å². The van der Waals surface area contributed by atoms with Gasteiger partial charge in [0.05, 0.1) is 14.2 Å². The Bertz CT molecular complexity index is 507. The molecule has 102 valence electrons. The van der Waals surface area contributed by atoms with Crippen LogP contribution >= 0.6 is 0 Å². The van der Waals surface area contributed by atoms with Crippen LogP contribution < -0.4 is 9.47 Å². The summed E-state index contributed by atoms with van der Waals surface area (Å²) in [4.78, 5) is 0. The van der Waals surface area contributed by atoms with E-state index in [4.69, 9.17) is 9.47 Å². The summed E-state index contributed by atoms with van der Waals surface area (Å²) >= 11 is 0. The number of methoxy groups -OCH3 is 2. The van der Waals surface area contributed by atoms with Crippen molar-refractivity contribution in [3.63, 3.8) is 0 Å². The molecule has 3 heteroatoms. The molecular formula is C16H19FO2. The van der Waals surface area contributed by atoms with E-state index in [0.717, 1.165) is 16.9 Å². The first kappa shape index (κ1) is 15.0. The van der Waals surface area contributed by atoms with Crippen LogP contribution in [0.1, 0.15) is 13.8 Å². The van der Waals surface area contributed by atoms with Crippen molar-refractivity contribution >= 4 is 0 Å². The van der Waals surface area contributed by atoms with Crippen molar-refractivity contribution in [3.05, 3.63) is 48.3 Å². The number of benzene rings is 2. The highest BCUT2D eigenvalue weighted by Crippen LogP contribution is 2.26. The maximum Gasteiger partial charge on any atom is 0.165 e. The summed E-state index contributed by atoms with van der Waals surface area (Å²) < 4.78 is 23.5. The number of halogens is 1. The Morgan fingerprint density at radius 1 is 0.789 bits per heavy atom. The molecule has 0 spiro atoms. The van der Waals surface area contributed by atoms with Crippen molar-refractivity contribution in [2.24, 2.45) is 0 Å². The van der Waals surface area contributed by atoms with Crippen LogP contribution in [0.3, 0.4) is 0 Å². The minimum Gasteiger partial charge on any atom is -0.497 e. The maximum atomic E-state index is 13.5. The molecule has 0 aromatic heterocycles. The van der Waals surface area contributed by atoms with Crippen LogP contribution in [-0.2, 0) is 0 Å². The van der Waals surface area contributed by atoms with Gasteiger partial charge in [0.2, 0.25) is 0 Å². The lowest BCUT2D eigenvalue weighted by atomic mass is 10.1. The number of hydrogen-bond donors (Lipinski definition) is 0. The van der Waals surface area contributed by atoms with E-state index in [9.17, 15) is 4.39 Å². The molecular weight excluding hydrogens is 243 g/mol. The van der Waals surface area contributed by atoms with Crippen LogP contribution in [0.15, 0.2) is 42.5 Å². The van der Waals surface area contributed by atoms with Crippen molar-refractivity contribution in [3.8, 4) is 22.6 Å². The molecule has 0 bridgehead atoms. The lowest BCUT2D eigenvalue weighted by Gasteiger charge is -2.06. The number of hydrogen-bond acceptors (Lipinski definition) is 2. The predicted molar refractivity (Wildman–Crippen MR) is 76.3 cm³/mol. The third-order valence-corrected chi connectivity index (χ3v) is 2.58. The zero-order valence-corrected chi connectivity index (χ0v) is 11.7. The normalized spacial score (nSPS) is 9.32. The molecule has 0 fully saturated rings. The van der Waals surface area contributed by atoms with Gasteiger partial charge in [-0.3, -0.25) is 0 Å². The summed E-state index contributed by atoms with van der Waals surface area (Å²) in [6.07, 6.45) is 0. The van der Waals surface area contributed by atoms with E-state index in [2.05, 4.69) is 0 Å². The van der Waals surface area contributed by atoms with Gasteiger partial charge in [-0.2, -0.15) is 0 Å². The average molecular weight is 262 g/mol. The summed E-state index contributed by atoms with van der Waals surface area (Å²) in [6.45, 7) is 4.00. The van der Waals surface area contributed by atoms with Gasteiger partial charge >= 0.3 is 0 Å². The summed E-state index contributed by atoms with van der Waals surface area (Å²) in [5, 5.41) is 0. The van der Waals surface area contributed by atoms with Gasteiger partial charge in [0.15, 0.2) is 11.6 Å². The molecule has 0 radical (unpaired) electrons. The molecule has 19 heavy (non-hydrogen) atoms. The van der Waals surface area contributed by atoms with Gasteiger partial charge in [0.1, 0.15) is 5.75 Å². The molecule has 0 unspecified atom stereocenters. The second kappa shape index (κ2) is 7.41. The second-order valence-electron chi connectivity index (χ2n) is 3.58. The van der Waals surface area contributed by atoms with Gasteiger partial charge in [-0.15, -0.1) is 0 Å². The second-order valence-corrected chi connectivity index (χ2v) is 3.58. The molecule has 0 heterocycles. The van der Waals surface area contributed by atoms with Crippen molar-refractivity contribution < 1.29 is 13.9 Å². The fourth-order valence-corrected chi connectivity index (χ4v) is 1.63. The molecule has 0 aliphatic rings. The van der Waals surface area contributed by atoms with Crippen LogP contribution in [0.25, 0.3) is 11.1 Å². The van der Waals surface area contributed by atoms with Crippen LogP contribution in [0.2, 0.25) is 0 Å². The highest BCUT2D eigenvalue weighted by molar-refractivity contribution is 5.65. The summed E-state index contributed by atoms with van der Waals surface area (Å²) in [5.74, 6) is 0.672. The van der Waals surface area contributed by atoms with Gasteiger partial charge in [0.25, 0.3) is 0 Å². The summed E-state index contributed by atoms with van der Waals surface area (Å²) in [6, 6.07) is 12.4. The molecule has 0 atom stereocenters. The van der Waals surface area contributed by atoms with Gasteiger partial charge in [0, 0.05) is 0 Å². The summed E-state index contributed by atoms with van der Waals surface area (Å²) in [5.41, 5.74) is 1.75. The maximum absolute atomic E-state index is 13.5. The first-order chi connectivity index (χ1) is 9.24. The van der Waals surface area contributed by atoms with Crippen LogP contribution in [0, 0.1) is 5.82 Å². The van der Waals surface area contributed by atoms with Gasteiger partial charge in [-0.25, -0.2) is 4.39 Å². The Balaban J connectivity index is 0.000000861. The van der Waals surface area contributed by atoms with Crippen molar-refractivity contribution in [2.45, 2.75) is 13.8 Å². The Morgan fingerprint density at radius 2 is 1.37 bits per heavy atom. The standard InChI is InChI=1S/C14H13FO2.C2H6/c1-16-12-6-3-10(4-7-12)11-5-8-14(17-2)13(15)9-11;1-2/h3-9H,1-2H3;1-2H3. The van der Waals surface area contributed by atoms with Crippen molar-refractivity contribution in [2.75, 3.05) is 14.2 Å². The largest absolute Gasteiger partial charge is 0.497 e. The molecule has 2 aromatic carbocycles. The van der Waals surface area contributed by atoms with Gasteiger partial charge in [-0.1, -0.05) is 32.0 Å². The molecule has 0 saturated carbocycles. The van der Waals surface area contributed by atoms with Crippen molar-refractivity contribution in [1.29, 1.82) is 0 Å². The van der Waals surface area contributed by atoms with E-state index in [1.807, 2.05) is 44.2 Å². The lowest BCUT2D eigenvalue weighted by Crippen LogP contribution is -1.88. The van der Waals surface area contributed by atoms with Crippen LogP contribution in [0.5, 0.6) is 11.5 Å². The van der Waals surface area contributed by atoms with Gasteiger partial charge in [-0.05, 0) is 35.4 Å². The van der Waals surface area contributed by atoms with E-state index >= 15 is 0 Å². The highest BCUT2D eigenvalue weighted by Gasteiger charge is 2.05. The molecule has 2 rings (SSSR count). The fourth-order valence-electron chi connectivity index (χ4n) is 1.63. The highest BCUT2D eigenvalue weighted by atomic mass is 19.1. The first-order valence-electron chi connectivity index (χ1n) is 6.22. The molecule has 0 aliphatic heterocycles. The smallest absolute Gasteiger partial charge is 0.165 e. The Hall–Kier alpha value is -2.03. The van der Waals surface area contributed by atoms with E-state index in [1.165, 1.54) is 13.2 Å². The van der Waals surface area contributed by atoms with E-state index in [1.54, 1.807) is 13.2 Å². The zero-order valence-electron chi connectivity index (χ0n) is 11.7. The molecule has 0 amide bonds. The summed E-state index contributed by atoms with van der Waals surface area (Å²) in [7, 11) is 3.06. The van der Waals surface area contributed by atoms with Crippen LogP contribution in [0.4, 0.5) is 4.39 Å². The minimum atomic E-state index is -0.360. The minimum absolute atomic E-state index is 0.252. The first-order valence-corrected chi connectivity index (χ1v) is 6.22. The van der Waals surface area contributed by atoms with E-state index in [-0.39, 0.29) is 11.6 Å². The van der Waals surface area contributed by atoms with E-state index in [0.29, 0.717) is 0 Å². The molecule has 0 saturated heterocycles. The molecule has 0 aliphatic carbocycles. The predicted octanol–water partition coefficient (Wildman–Crippen LogP) is 4.54. The van der Waals surface area contributed by atoms with E-state index < -0.39 is 0 Å². The van der Waals surface area contributed by atoms with Gasteiger partial charge < -0.3 is 9.47 Å². The molecule has 2 nitrogen and oxygen atoms in total. The Morgan fingerprint density at radius 3 is 1.84 bits per heavy atom. The SMILES string of the molecule is CC.COc1ccc(-c2ccc(OC)c(F)c2)cc1. The lowest BCUT2D eigenvalue weighted by molar-refractivity contribution is 0.386. The third kappa shape index (κ3) is 3.71. The number of rotatable bonds is 3. The topological polar surface area (TPSA) is 18.5 Å². The molecule has 0 N–H and O–H groups in total. The van der Waals surface area contributed by atoms with Crippen molar-refractivity contribution in [1.82, 2.24) is 0 Å². The molecule has 2 aromatic rings. The average Bonchev–Trinajstić information content (AvgIpc) is 2.49. The number of ether oxygens (including phenoxy) is 2. The Kier molecular flexibility index (Phi) is 5.86. The zero-order chi connectivity index (χ0) is 14.3. The quantitative estimate of drug-likeness (QED) is 0.808. The fraction of sp³-hybridized carbons (Fsp3) is 0.250. The van der Waals surface area contributed by atoms with Crippen LogP contribution in [-0.4, -0.2) is 14.2 Å². The third-order valence-electron chi connectivity index (χ3n) is 2.58.